The van der Waals surface area contributed by atoms with Crippen LogP contribution in [0, 0.1) is 5.92 Å². The van der Waals surface area contributed by atoms with Gasteiger partial charge < -0.3 is 14.6 Å². The first-order chi connectivity index (χ1) is 15.6. The maximum atomic E-state index is 12.7. The van der Waals surface area contributed by atoms with Gasteiger partial charge in [-0.3, -0.25) is 4.79 Å². The van der Waals surface area contributed by atoms with Gasteiger partial charge in [-0.05, 0) is 36.2 Å². The fourth-order valence-electron chi connectivity index (χ4n) is 3.75. The van der Waals surface area contributed by atoms with Crippen molar-refractivity contribution in [2.75, 3.05) is 20.3 Å². The van der Waals surface area contributed by atoms with Crippen molar-refractivity contribution in [3.05, 3.63) is 84.0 Å². The highest BCUT2D eigenvalue weighted by atomic mass is 16.5. The van der Waals surface area contributed by atoms with Crippen molar-refractivity contribution < 1.29 is 19.4 Å². The van der Waals surface area contributed by atoms with Crippen molar-refractivity contribution in [1.29, 1.82) is 0 Å². The molecule has 0 saturated carbocycles. The summed E-state index contributed by atoms with van der Waals surface area (Å²) < 4.78 is 12.7. The Morgan fingerprint density at radius 2 is 2.19 bits per heavy atom. The molecular formula is C25H27N3O4. The predicted octanol–water partition coefficient (Wildman–Crippen LogP) is 3.39. The zero-order valence-electron chi connectivity index (χ0n) is 18.1. The number of hydrogen-bond acceptors (Lipinski definition) is 6. The topological polar surface area (TPSA) is 86.5 Å². The molecule has 166 valence electrons. The molecular weight excluding hydrogens is 406 g/mol. The molecule has 32 heavy (non-hydrogen) atoms. The van der Waals surface area contributed by atoms with Gasteiger partial charge in [-0.1, -0.05) is 24.3 Å². The lowest BCUT2D eigenvalue weighted by Gasteiger charge is -2.24. The summed E-state index contributed by atoms with van der Waals surface area (Å²) in [6.45, 7) is 1.06. The minimum Gasteiger partial charge on any atom is -0.495 e. The summed E-state index contributed by atoms with van der Waals surface area (Å²) in [4.78, 5) is 17.0. The van der Waals surface area contributed by atoms with Gasteiger partial charge in [-0.2, -0.15) is 5.10 Å². The smallest absolute Gasteiger partial charge is 0.184 e. The summed E-state index contributed by atoms with van der Waals surface area (Å²) in [5.74, 6) is 0.502. The van der Waals surface area contributed by atoms with Gasteiger partial charge in [0.1, 0.15) is 11.4 Å². The zero-order valence-corrected chi connectivity index (χ0v) is 18.1. The van der Waals surface area contributed by atoms with Gasteiger partial charge in [0.2, 0.25) is 0 Å². The van der Waals surface area contributed by atoms with Crippen LogP contribution in [0.4, 0.5) is 0 Å². The molecule has 0 bridgehead atoms. The van der Waals surface area contributed by atoms with Crippen molar-refractivity contribution in [1.82, 2.24) is 14.8 Å². The first-order valence-corrected chi connectivity index (χ1v) is 10.7. The van der Waals surface area contributed by atoms with Gasteiger partial charge in [-0.15, -0.1) is 0 Å². The Kier molecular flexibility index (Phi) is 7.09. The standard InChI is InChI=1S/C25H27N3O4/c1-31-25-16-26-22(24(30)5-2-4-19-17-32-13-10-23(19)29)15-20(25)14-18-6-8-21(9-7-18)28-12-3-11-27-28/h2-4,6-9,11-12,15-16,19,23,29H,5,10,13-14,17H2,1H3/b4-2+/t19?,23-/m0/s1. The highest BCUT2D eigenvalue weighted by molar-refractivity contribution is 5.95. The van der Waals surface area contributed by atoms with E-state index in [0.29, 0.717) is 37.5 Å². The molecule has 3 heterocycles. The lowest BCUT2D eigenvalue weighted by Crippen LogP contribution is -2.30. The van der Waals surface area contributed by atoms with E-state index in [2.05, 4.69) is 10.1 Å². The third-order valence-electron chi connectivity index (χ3n) is 5.60. The van der Waals surface area contributed by atoms with Crippen LogP contribution in [-0.4, -0.2) is 52.1 Å². The summed E-state index contributed by atoms with van der Waals surface area (Å²) in [7, 11) is 1.60. The molecule has 0 spiro atoms. The summed E-state index contributed by atoms with van der Waals surface area (Å²) in [6.07, 6.45) is 9.95. The quantitative estimate of drug-likeness (QED) is 0.433. The van der Waals surface area contributed by atoms with Crippen LogP contribution in [0.3, 0.4) is 0 Å². The van der Waals surface area contributed by atoms with Gasteiger partial charge in [-0.25, -0.2) is 9.67 Å². The lowest BCUT2D eigenvalue weighted by molar-refractivity contribution is -0.0177. The summed E-state index contributed by atoms with van der Waals surface area (Å²) >= 11 is 0. The number of methoxy groups -OCH3 is 1. The number of ether oxygens (including phenoxy) is 2. The van der Waals surface area contributed by atoms with E-state index in [1.165, 1.54) is 0 Å². The van der Waals surface area contributed by atoms with Crippen molar-refractivity contribution in [3.63, 3.8) is 0 Å². The molecule has 7 nitrogen and oxygen atoms in total. The van der Waals surface area contributed by atoms with Gasteiger partial charge in [0.15, 0.2) is 5.78 Å². The second-order valence-corrected chi connectivity index (χ2v) is 7.83. The third-order valence-corrected chi connectivity index (χ3v) is 5.60. The Morgan fingerprint density at radius 1 is 1.34 bits per heavy atom. The maximum Gasteiger partial charge on any atom is 0.184 e. The molecule has 7 heteroatoms. The molecule has 0 radical (unpaired) electrons. The molecule has 3 aromatic rings. The van der Waals surface area contributed by atoms with Crippen LogP contribution < -0.4 is 4.74 Å². The number of ketones is 1. The Morgan fingerprint density at radius 3 is 2.91 bits per heavy atom. The summed E-state index contributed by atoms with van der Waals surface area (Å²) in [6, 6.07) is 11.8. The molecule has 1 aromatic carbocycles. The van der Waals surface area contributed by atoms with Crippen molar-refractivity contribution in [2.24, 2.45) is 5.92 Å². The van der Waals surface area contributed by atoms with Crippen molar-refractivity contribution in [2.45, 2.75) is 25.4 Å². The number of aliphatic hydroxyl groups excluding tert-OH is 1. The fourth-order valence-corrected chi connectivity index (χ4v) is 3.75. The molecule has 1 saturated heterocycles. The lowest BCUT2D eigenvalue weighted by atomic mass is 9.97. The number of benzene rings is 1. The second kappa shape index (κ2) is 10.3. The maximum absolute atomic E-state index is 12.7. The fraction of sp³-hybridized carbons (Fsp3) is 0.320. The number of Topliss-reactive ketones (excluding diaryl/α,β-unsaturated/α-hetero) is 1. The van der Waals surface area contributed by atoms with E-state index < -0.39 is 6.10 Å². The van der Waals surface area contributed by atoms with Gasteiger partial charge >= 0.3 is 0 Å². The highest BCUT2D eigenvalue weighted by Gasteiger charge is 2.21. The number of carbonyl (C=O) groups excluding carboxylic acids is 1. The minimum atomic E-state index is -0.416. The Balaban J connectivity index is 1.44. The van der Waals surface area contributed by atoms with Crippen molar-refractivity contribution in [3.8, 4) is 11.4 Å². The van der Waals surface area contributed by atoms with E-state index in [1.54, 1.807) is 36.3 Å². The number of aromatic nitrogens is 3. The molecule has 1 unspecified atom stereocenters. The monoisotopic (exact) mass is 433 g/mol. The molecule has 0 amide bonds. The van der Waals surface area contributed by atoms with E-state index in [-0.39, 0.29) is 18.1 Å². The largest absolute Gasteiger partial charge is 0.495 e. The van der Waals surface area contributed by atoms with Crippen molar-refractivity contribution >= 4 is 5.78 Å². The molecule has 2 aromatic heterocycles. The molecule has 4 rings (SSSR count). The van der Waals surface area contributed by atoms with E-state index in [4.69, 9.17) is 9.47 Å². The van der Waals surface area contributed by atoms with E-state index in [0.717, 1.165) is 16.8 Å². The van der Waals surface area contributed by atoms with E-state index in [1.807, 2.05) is 42.6 Å². The predicted molar refractivity (Wildman–Crippen MR) is 120 cm³/mol. The molecule has 1 aliphatic rings. The molecule has 1 fully saturated rings. The average molecular weight is 434 g/mol. The number of rotatable bonds is 8. The molecule has 2 atom stereocenters. The van der Waals surface area contributed by atoms with Crippen LogP contribution in [0.25, 0.3) is 5.69 Å². The minimum absolute atomic E-state index is 0.0688. The second-order valence-electron chi connectivity index (χ2n) is 7.83. The van der Waals surface area contributed by atoms with Gasteiger partial charge in [0.05, 0.1) is 31.7 Å². The van der Waals surface area contributed by atoms with Gasteiger partial charge in [0, 0.05) is 43.3 Å². The average Bonchev–Trinajstić information content (AvgIpc) is 3.36. The van der Waals surface area contributed by atoms with Crippen LogP contribution in [0.2, 0.25) is 0 Å². The normalized spacial score (nSPS) is 18.7. The third kappa shape index (κ3) is 5.30. The molecule has 1 N–H and O–H groups in total. The number of allylic oxidation sites excluding steroid dienone is 1. The van der Waals surface area contributed by atoms with Crippen LogP contribution in [0.15, 0.2) is 67.1 Å². The number of hydrogen-bond donors (Lipinski definition) is 1. The number of pyridine rings is 1. The highest BCUT2D eigenvalue weighted by Crippen LogP contribution is 2.23. The zero-order chi connectivity index (χ0) is 22.3. The van der Waals surface area contributed by atoms with Crippen LogP contribution in [0.1, 0.15) is 34.5 Å². The van der Waals surface area contributed by atoms with Crippen LogP contribution in [-0.2, 0) is 11.2 Å². The Labute approximate surface area is 187 Å². The molecule has 1 aliphatic heterocycles. The Bertz CT molecular complexity index is 1060. The summed E-state index contributed by atoms with van der Waals surface area (Å²) in [5.41, 5.74) is 3.38. The van der Waals surface area contributed by atoms with Crippen LogP contribution >= 0.6 is 0 Å². The number of aliphatic hydroxyl groups is 1. The van der Waals surface area contributed by atoms with E-state index in [9.17, 15) is 9.90 Å². The van der Waals surface area contributed by atoms with E-state index >= 15 is 0 Å². The number of carbonyl (C=O) groups is 1. The SMILES string of the molecule is COc1cnc(C(=O)C/C=C/C2COCC[C@@H]2O)cc1Cc1ccc(-n2cccn2)cc1. The first kappa shape index (κ1) is 21.9. The summed E-state index contributed by atoms with van der Waals surface area (Å²) in [5, 5.41) is 14.3. The van der Waals surface area contributed by atoms with Gasteiger partial charge in [0.25, 0.3) is 0 Å². The molecule has 0 aliphatic carbocycles. The van der Waals surface area contributed by atoms with Crippen LogP contribution in [0.5, 0.6) is 5.75 Å². The number of nitrogens with zero attached hydrogens (tertiary/aromatic N) is 3. The first-order valence-electron chi connectivity index (χ1n) is 10.7. The Hall–Kier alpha value is -3.29.